The zero-order valence-electron chi connectivity index (χ0n) is 9.55. The molecular formula is C13H9BrN2OS. The van der Waals surface area contributed by atoms with Crippen molar-refractivity contribution in [3.63, 3.8) is 0 Å². The first-order chi connectivity index (χ1) is 8.63. The highest BCUT2D eigenvalue weighted by atomic mass is 79.9. The maximum atomic E-state index is 12.3. The monoisotopic (exact) mass is 320 g/mol. The minimum atomic E-state index is -0.766. The molecule has 18 heavy (non-hydrogen) atoms. The smallest absolute Gasteiger partial charge is 0.194 e. The summed E-state index contributed by atoms with van der Waals surface area (Å²) in [5.74, 6) is -0.930. The molecule has 90 valence electrons. The molecule has 5 heteroatoms. The van der Waals surface area contributed by atoms with E-state index in [0.717, 1.165) is 9.35 Å². The topological polar surface area (TPSA) is 53.8 Å². The van der Waals surface area contributed by atoms with E-state index in [0.29, 0.717) is 10.4 Å². The van der Waals surface area contributed by atoms with E-state index in [4.69, 9.17) is 0 Å². The van der Waals surface area contributed by atoms with Crippen LogP contribution in [0.4, 0.5) is 0 Å². The minimum Gasteiger partial charge on any atom is -0.291 e. The Balaban J connectivity index is 2.35. The van der Waals surface area contributed by atoms with Crippen molar-refractivity contribution in [2.75, 3.05) is 0 Å². The second-order valence-electron chi connectivity index (χ2n) is 3.77. The third-order valence-electron chi connectivity index (χ3n) is 2.53. The number of aryl methyl sites for hydroxylation is 1. The van der Waals surface area contributed by atoms with Crippen LogP contribution in [0.5, 0.6) is 0 Å². The van der Waals surface area contributed by atoms with Crippen molar-refractivity contribution >= 4 is 33.0 Å². The van der Waals surface area contributed by atoms with Crippen molar-refractivity contribution in [1.29, 1.82) is 5.26 Å². The van der Waals surface area contributed by atoms with E-state index in [9.17, 15) is 10.1 Å². The lowest BCUT2D eigenvalue weighted by Crippen LogP contribution is -2.09. The Kier molecular flexibility index (Phi) is 3.90. The van der Waals surface area contributed by atoms with Crippen LogP contribution in [0.3, 0.4) is 0 Å². The average Bonchev–Trinajstić information content (AvgIpc) is 2.72. The highest BCUT2D eigenvalue weighted by Gasteiger charge is 2.23. The minimum absolute atomic E-state index is 0.164. The maximum Gasteiger partial charge on any atom is 0.194 e. The summed E-state index contributed by atoms with van der Waals surface area (Å²) in [6, 6.07) is 7.26. The standard InChI is InChI=1S/C13H9BrN2OS/c1-8-6-11(18-13(8)14)12(17)10(7-15)9-2-4-16-5-3-9/h2-6,10H,1H3. The van der Waals surface area contributed by atoms with E-state index < -0.39 is 5.92 Å². The normalized spacial score (nSPS) is 11.8. The van der Waals surface area contributed by atoms with E-state index in [1.165, 1.54) is 11.3 Å². The number of carbonyl (C=O) groups is 1. The molecule has 0 saturated heterocycles. The van der Waals surface area contributed by atoms with E-state index in [-0.39, 0.29) is 5.78 Å². The fourth-order valence-corrected chi connectivity index (χ4v) is 3.07. The van der Waals surface area contributed by atoms with Crippen molar-refractivity contribution in [3.8, 4) is 6.07 Å². The molecule has 0 aliphatic rings. The van der Waals surface area contributed by atoms with Gasteiger partial charge >= 0.3 is 0 Å². The van der Waals surface area contributed by atoms with Crippen LogP contribution < -0.4 is 0 Å². The van der Waals surface area contributed by atoms with E-state index >= 15 is 0 Å². The lowest BCUT2D eigenvalue weighted by Gasteiger charge is -2.06. The number of pyridine rings is 1. The van der Waals surface area contributed by atoms with Gasteiger partial charge in [0.2, 0.25) is 0 Å². The predicted octanol–water partition coefficient (Wildman–Crippen LogP) is 3.70. The molecule has 0 spiro atoms. The molecule has 2 rings (SSSR count). The highest BCUT2D eigenvalue weighted by Crippen LogP contribution is 2.31. The second-order valence-corrected chi connectivity index (χ2v) is 6.14. The van der Waals surface area contributed by atoms with Crippen LogP contribution in [-0.4, -0.2) is 10.8 Å². The summed E-state index contributed by atoms with van der Waals surface area (Å²) in [5, 5.41) is 9.19. The van der Waals surface area contributed by atoms with Crippen molar-refractivity contribution in [3.05, 3.63) is 50.4 Å². The summed E-state index contributed by atoms with van der Waals surface area (Å²) in [6.07, 6.45) is 3.17. The van der Waals surface area contributed by atoms with Gasteiger partial charge in [0.25, 0.3) is 0 Å². The van der Waals surface area contributed by atoms with Gasteiger partial charge in [-0.05, 0) is 52.2 Å². The van der Waals surface area contributed by atoms with Gasteiger partial charge in [0.05, 0.1) is 14.7 Å². The third kappa shape index (κ3) is 2.50. The molecule has 0 amide bonds. The lowest BCUT2D eigenvalue weighted by molar-refractivity contribution is 0.0982. The van der Waals surface area contributed by atoms with Crippen LogP contribution in [0.2, 0.25) is 0 Å². The SMILES string of the molecule is Cc1cc(C(=O)C(C#N)c2ccncc2)sc1Br. The van der Waals surface area contributed by atoms with Gasteiger partial charge in [0, 0.05) is 12.4 Å². The highest BCUT2D eigenvalue weighted by molar-refractivity contribution is 9.11. The molecule has 0 aromatic carbocycles. The second kappa shape index (κ2) is 5.42. The molecule has 0 aliphatic carbocycles. The van der Waals surface area contributed by atoms with E-state index in [1.807, 2.05) is 13.0 Å². The summed E-state index contributed by atoms with van der Waals surface area (Å²) in [7, 11) is 0. The van der Waals surface area contributed by atoms with Crippen LogP contribution in [0, 0.1) is 18.3 Å². The van der Waals surface area contributed by atoms with Gasteiger partial charge < -0.3 is 0 Å². The van der Waals surface area contributed by atoms with Crippen LogP contribution >= 0.6 is 27.3 Å². The summed E-state index contributed by atoms with van der Waals surface area (Å²) in [4.78, 5) is 16.8. The first kappa shape index (κ1) is 12.9. The largest absolute Gasteiger partial charge is 0.291 e. The van der Waals surface area contributed by atoms with Crippen molar-refractivity contribution < 1.29 is 4.79 Å². The quantitative estimate of drug-likeness (QED) is 0.810. The number of carbonyl (C=O) groups excluding carboxylic acids is 1. The zero-order chi connectivity index (χ0) is 13.1. The molecule has 0 aliphatic heterocycles. The Hall–Kier alpha value is -1.51. The van der Waals surface area contributed by atoms with Crippen molar-refractivity contribution in [2.45, 2.75) is 12.8 Å². The van der Waals surface area contributed by atoms with Crippen LogP contribution in [0.25, 0.3) is 0 Å². The molecule has 0 bridgehead atoms. The number of nitriles is 1. The number of nitrogens with zero attached hydrogens (tertiary/aromatic N) is 2. The molecule has 1 atom stereocenters. The molecular weight excluding hydrogens is 312 g/mol. The number of thiophene rings is 1. The first-order valence-corrected chi connectivity index (χ1v) is 6.84. The van der Waals surface area contributed by atoms with Crippen LogP contribution in [-0.2, 0) is 0 Å². The molecule has 0 fully saturated rings. The zero-order valence-corrected chi connectivity index (χ0v) is 12.0. The molecule has 2 heterocycles. The molecule has 0 radical (unpaired) electrons. The summed E-state index contributed by atoms with van der Waals surface area (Å²) < 4.78 is 0.928. The summed E-state index contributed by atoms with van der Waals surface area (Å²) in [5.41, 5.74) is 1.69. The Bertz CT molecular complexity index is 596. The molecule has 0 N–H and O–H groups in total. The molecule has 2 aromatic heterocycles. The Morgan fingerprint density at radius 3 is 2.67 bits per heavy atom. The Morgan fingerprint density at radius 2 is 2.17 bits per heavy atom. The van der Waals surface area contributed by atoms with Gasteiger partial charge in [-0.25, -0.2) is 0 Å². The molecule has 0 saturated carbocycles. The summed E-state index contributed by atoms with van der Waals surface area (Å²) >= 11 is 4.75. The van der Waals surface area contributed by atoms with Gasteiger partial charge in [-0.2, -0.15) is 5.26 Å². The van der Waals surface area contributed by atoms with Gasteiger partial charge in [-0.15, -0.1) is 11.3 Å². The lowest BCUT2D eigenvalue weighted by atomic mass is 9.96. The van der Waals surface area contributed by atoms with E-state index in [1.54, 1.807) is 24.5 Å². The average molecular weight is 321 g/mol. The number of aromatic nitrogens is 1. The number of hydrogen-bond donors (Lipinski definition) is 0. The van der Waals surface area contributed by atoms with Gasteiger partial charge in [0.15, 0.2) is 5.78 Å². The van der Waals surface area contributed by atoms with E-state index in [2.05, 4.69) is 27.0 Å². The number of ketones is 1. The molecule has 3 nitrogen and oxygen atoms in total. The molecule has 2 aromatic rings. The van der Waals surface area contributed by atoms with Gasteiger partial charge in [-0.1, -0.05) is 0 Å². The number of rotatable bonds is 3. The predicted molar refractivity (Wildman–Crippen MR) is 73.7 cm³/mol. The summed E-state index contributed by atoms with van der Waals surface area (Å²) in [6.45, 7) is 1.92. The van der Waals surface area contributed by atoms with Crippen LogP contribution in [0.15, 0.2) is 34.4 Å². The number of Topliss-reactive ketones (excluding diaryl/α,β-unsaturated/α-hetero) is 1. The Labute approximate surface area is 117 Å². The fraction of sp³-hybridized carbons (Fsp3) is 0.154. The fourth-order valence-electron chi connectivity index (χ4n) is 1.56. The van der Waals surface area contributed by atoms with Crippen molar-refractivity contribution in [2.24, 2.45) is 0 Å². The first-order valence-electron chi connectivity index (χ1n) is 5.23. The molecule has 1 unspecified atom stereocenters. The number of halogens is 1. The van der Waals surface area contributed by atoms with Crippen molar-refractivity contribution in [1.82, 2.24) is 4.98 Å². The Morgan fingerprint density at radius 1 is 1.50 bits per heavy atom. The number of hydrogen-bond acceptors (Lipinski definition) is 4. The van der Waals surface area contributed by atoms with Gasteiger partial charge in [0.1, 0.15) is 5.92 Å². The van der Waals surface area contributed by atoms with Gasteiger partial charge in [-0.3, -0.25) is 9.78 Å². The van der Waals surface area contributed by atoms with Crippen LogP contribution in [0.1, 0.15) is 26.7 Å². The third-order valence-corrected chi connectivity index (χ3v) is 4.68. The maximum absolute atomic E-state index is 12.3.